The molecule has 3 rings (SSSR count). The number of nitrogens with zero attached hydrogens (tertiary/aromatic N) is 2. The number of oxazole rings is 1. The van der Waals surface area contributed by atoms with Gasteiger partial charge in [-0.05, 0) is 18.2 Å². The third-order valence-corrected chi connectivity index (χ3v) is 4.32. The number of rotatable bonds is 4. The van der Waals surface area contributed by atoms with Crippen molar-refractivity contribution in [1.29, 1.82) is 0 Å². The molecule has 0 bridgehead atoms. The molecule has 1 aromatic heterocycles. The molecule has 0 saturated carbocycles. The third kappa shape index (κ3) is 3.40. The highest BCUT2D eigenvalue weighted by Gasteiger charge is 2.35. The fourth-order valence-electron chi connectivity index (χ4n) is 2.89. The van der Waals surface area contributed by atoms with Gasteiger partial charge in [0.1, 0.15) is 11.6 Å². The van der Waals surface area contributed by atoms with Crippen LogP contribution in [-0.4, -0.2) is 53.9 Å². The highest BCUT2D eigenvalue weighted by Crippen LogP contribution is 2.23. The molecule has 0 radical (unpaired) electrons. The van der Waals surface area contributed by atoms with E-state index in [9.17, 15) is 14.4 Å². The first-order chi connectivity index (χ1) is 12.4. The SMILES string of the molecule is COC(=O)C[C@H]1C(=O)NCCN1C(=O)c1ccc2oc(C(C)C)nc2c1. The van der Waals surface area contributed by atoms with E-state index in [0.29, 0.717) is 35.6 Å². The largest absolute Gasteiger partial charge is 0.469 e. The molecule has 2 aromatic rings. The van der Waals surface area contributed by atoms with Crippen molar-refractivity contribution in [3.8, 4) is 0 Å². The molecule has 0 unspecified atom stereocenters. The van der Waals surface area contributed by atoms with Gasteiger partial charge in [-0.2, -0.15) is 0 Å². The number of methoxy groups -OCH3 is 1. The highest BCUT2D eigenvalue weighted by atomic mass is 16.5. The van der Waals surface area contributed by atoms with Crippen LogP contribution in [0.5, 0.6) is 0 Å². The molecule has 2 amide bonds. The molecule has 1 N–H and O–H groups in total. The van der Waals surface area contributed by atoms with Crippen LogP contribution in [0, 0.1) is 0 Å². The lowest BCUT2D eigenvalue weighted by atomic mass is 10.1. The van der Waals surface area contributed by atoms with E-state index in [1.165, 1.54) is 12.0 Å². The number of carbonyl (C=O) groups excluding carboxylic acids is 3. The molecule has 1 fully saturated rings. The van der Waals surface area contributed by atoms with E-state index in [4.69, 9.17) is 4.42 Å². The Morgan fingerprint density at radius 3 is 2.88 bits per heavy atom. The summed E-state index contributed by atoms with van der Waals surface area (Å²) >= 11 is 0. The summed E-state index contributed by atoms with van der Waals surface area (Å²) in [6.45, 7) is 4.60. The lowest BCUT2D eigenvalue weighted by Gasteiger charge is -2.34. The zero-order chi connectivity index (χ0) is 18.8. The fraction of sp³-hybridized carbons (Fsp3) is 0.444. The van der Waals surface area contributed by atoms with Gasteiger partial charge in [0.25, 0.3) is 5.91 Å². The standard InChI is InChI=1S/C18H21N3O5/c1-10(2)17-20-12-8-11(4-5-14(12)26-17)18(24)21-7-6-19-16(23)13(21)9-15(22)25-3/h4-5,8,10,13H,6-7,9H2,1-3H3,(H,19,23)/t13-/m0/s1. The second-order valence-electron chi connectivity index (χ2n) is 6.47. The Morgan fingerprint density at radius 2 is 2.19 bits per heavy atom. The Balaban J connectivity index is 1.89. The van der Waals surface area contributed by atoms with Crippen LogP contribution in [0.1, 0.15) is 42.4 Å². The topological polar surface area (TPSA) is 102 Å². The third-order valence-electron chi connectivity index (χ3n) is 4.32. The molecule has 0 spiro atoms. The molecule has 0 aliphatic carbocycles. The monoisotopic (exact) mass is 359 g/mol. The van der Waals surface area contributed by atoms with E-state index in [0.717, 1.165) is 0 Å². The van der Waals surface area contributed by atoms with Crippen molar-refractivity contribution in [1.82, 2.24) is 15.2 Å². The van der Waals surface area contributed by atoms with Gasteiger partial charge in [-0.25, -0.2) is 4.98 Å². The van der Waals surface area contributed by atoms with Gasteiger partial charge in [-0.3, -0.25) is 14.4 Å². The summed E-state index contributed by atoms with van der Waals surface area (Å²) in [6.07, 6.45) is -0.183. The minimum Gasteiger partial charge on any atom is -0.469 e. The molecule has 2 heterocycles. The first-order valence-corrected chi connectivity index (χ1v) is 8.46. The number of piperazine rings is 1. The summed E-state index contributed by atoms with van der Waals surface area (Å²) in [5.74, 6) is -0.495. The maximum absolute atomic E-state index is 12.9. The molecule has 8 nitrogen and oxygen atoms in total. The predicted molar refractivity (Wildman–Crippen MR) is 92.6 cm³/mol. The Hall–Kier alpha value is -2.90. The van der Waals surface area contributed by atoms with E-state index in [-0.39, 0.29) is 24.2 Å². The van der Waals surface area contributed by atoms with Crippen LogP contribution in [0.2, 0.25) is 0 Å². The smallest absolute Gasteiger partial charge is 0.308 e. The minimum absolute atomic E-state index is 0.136. The van der Waals surface area contributed by atoms with E-state index in [1.807, 2.05) is 13.8 Å². The molecule has 1 atom stereocenters. The second kappa shape index (κ2) is 7.15. The van der Waals surface area contributed by atoms with Gasteiger partial charge >= 0.3 is 5.97 Å². The predicted octanol–water partition coefficient (Wildman–Crippen LogP) is 1.45. The van der Waals surface area contributed by atoms with Gasteiger partial charge in [0.2, 0.25) is 5.91 Å². The van der Waals surface area contributed by atoms with Crippen molar-refractivity contribution < 1.29 is 23.5 Å². The van der Waals surface area contributed by atoms with Crippen molar-refractivity contribution in [3.05, 3.63) is 29.7 Å². The molecule has 138 valence electrons. The number of amides is 2. The maximum atomic E-state index is 12.9. The Labute approximate surface area is 150 Å². The van der Waals surface area contributed by atoms with Crippen LogP contribution >= 0.6 is 0 Å². The van der Waals surface area contributed by atoms with Crippen LogP contribution in [-0.2, 0) is 14.3 Å². The van der Waals surface area contributed by atoms with Crippen molar-refractivity contribution in [2.75, 3.05) is 20.2 Å². The second-order valence-corrected chi connectivity index (χ2v) is 6.47. The summed E-state index contributed by atoms with van der Waals surface area (Å²) in [5.41, 5.74) is 1.59. The zero-order valence-corrected chi connectivity index (χ0v) is 14.9. The maximum Gasteiger partial charge on any atom is 0.308 e. The van der Waals surface area contributed by atoms with E-state index in [2.05, 4.69) is 15.0 Å². The van der Waals surface area contributed by atoms with Gasteiger partial charge in [-0.1, -0.05) is 13.8 Å². The van der Waals surface area contributed by atoms with Crippen molar-refractivity contribution in [2.24, 2.45) is 0 Å². The minimum atomic E-state index is -0.886. The number of carbonyl (C=O) groups is 3. The quantitative estimate of drug-likeness (QED) is 0.829. The van der Waals surface area contributed by atoms with Gasteiger partial charge in [0.05, 0.1) is 13.5 Å². The van der Waals surface area contributed by atoms with Crippen LogP contribution in [0.15, 0.2) is 22.6 Å². The summed E-state index contributed by atoms with van der Waals surface area (Å²) < 4.78 is 10.3. The van der Waals surface area contributed by atoms with Gasteiger partial charge in [-0.15, -0.1) is 0 Å². The number of ether oxygens (including phenoxy) is 1. The number of benzene rings is 1. The molecule has 1 aromatic carbocycles. The van der Waals surface area contributed by atoms with Gasteiger partial charge in [0.15, 0.2) is 11.5 Å². The van der Waals surface area contributed by atoms with Crippen LogP contribution in [0.4, 0.5) is 0 Å². The van der Waals surface area contributed by atoms with E-state index in [1.54, 1.807) is 18.2 Å². The average Bonchev–Trinajstić information content (AvgIpc) is 3.06. The van der Waals surface area contributed by atoms with E-state index >= 15 is 0 Å². The number of esters is 1. The normalized spacial score (nSPS) is 17.5. The molecule has 1 saturated heterocycles. The number of nitrogens with one attached hydrogen (secondary N) is 1. The Bertz CT molecular complexity index is 858. The first kappa shape index (κ1) is 17.9. The molecule has 8 heteroatoms. The lowest BCUT2D eigenvalue weighted by molar-refractivity contribution is -0.145. The Kier molecular flexibility index (Phi) is 4.92. The van der Waals surface area contributed by atoms with Crippen molar-refractivity contribution >= 4 is 28.9 Å². The number of fused-ring (bicyclic) bond motifs is 1. The zero-order valence-electron chi connectivity index (χ0n) is 14.9. The molecule has 1 aliphatic rings. The van der Waals surface area contributed by atoms with Crippen LogP contribution in [0.3, 0.4) is 0 Å². The van der Waals surface area contributed by atoms with Crippen LogP contribution < -0.4 is 5.32 Å². The fourth-order valence-corrected chi connectivity index (χ4v) is 2.89. The van der Waals surface area contributed by atoms with E-state index < -0.39 is 12.0 Å². The van der Waals surface area contributed by atoms with Crippen LogP contribution in [0.25, 0.3) is 11.1 Å². The molecular weight excluding hydrogens is 338 g/mol. The summed E-state index contributed by atoms with van der Waals surface area (Å²) in [5, 5.41) is 2.68. The molecular formula is C18H21N3O5. The molecule has 26 heavy (non-hydrogen) atoms. The summed E-state index contributed by atoms with van der Waals surface area (Å²) in [6, 6.07) is 4.10. The summed E-state index contributed by atoms with van der Waals surface area (Å²) in [4.78, 5) is 42.5. The van der Waals surface area contributed by atoms with Gasteiger partial charge < -0.3 is 19.4 Å². The van der Waals surface area contributed by atoms with Crippen molar-refractivity contribution in [3.63, 3.8) is 0 Å². The lowest BCUT2D eigenvalue weighted by Crippen LogP contribution is -2.57. The summed E-state index contributed by atoms with van der Waals surface area (Å²) in [7, 11) is 1.25. The number of aromatic nitrogens is 1. The Morgan fingerprint density at radius 1 is 1.42 bits per heavy atom. The van der Waals surface area contributed by atoms with Crippen molar-refractivity contribution in [2.45, 2.75) is 32.2 Å². The number of hydrogen-bond donors (Lipinski definition) is 1. The first-order valence-electron chi connectivity index (χ1n) is 8.46. The van der Waals surface area contributed by atoms with Gasteiger partial charge in [0, 0.05) is 24.6 Å². The number of hydrogen-bond acceptors (Lipinski definition) is 6. The average molecular weight is 359 g/mol. The molecule has 1 aliphatic heterocycles. The highest BCUT2D eigenvalue weighted by molar-refractivity contribution is 6.01.